The van der Waals surface area contributed by atoms with Crippen LogP contribution in [0.1, 0.15) is 29.5 Å². The van der Waals surface area contributed by atoms with Crippen LogP contribution >= 0.6 is 0 Å². The van der Waals surface area contributed by atoms with E-state index in [-0.39, 0.29) is 18.4 Å². The van der Waals surface area contributed by atoms with Crippen molar-refractivity contribution in [2.45, 2.75) is 24.7 Å². The van der Waals surface area contributed by atoms with Crippen LogP contribution in [0.2, 0.25) is 0 Å². The second-order valence-electron chi connectivity index (χ2n) is 10.1. The van der Waals surface area contributed by atoms with Crippen molar-refractivity contribution in [1.82, 2.24) is 5.32 Å². The minimum absolute atomic E-state index is 0.142. The summed E-state index contributed by atoms with van der Waals surface area (Å²) in [6.45, 7) is -0.142. The summed E-state index contributed by atoms with van der Waals surface area (Å²) >= 11 is 0. The lowest BCUT2D eigenvalue weighted by atomic mass is 9.68. The van der Waals surface area contributed by atoms with Crippen LogP contribution in [-0.2, 0) is 21.4 Å². The monoisotopic (exact) mass is 526 g/mol. The third-order valence-corrected chi connectivity index (χ3v) is 7.60. The molecule has 5 aromatic carbocycles. The fraction of sp³-hybridized carbons (Fsp3) is 0.143. The maximum Gasteiger partial charge on any atom is 0.243 e. The van der Waals surface area contributed by atoms with E-state index < -0.39 is 5.41 Å². The number of hydrogen-bond acceptors (Lipinski definition) is 3. The normalized spacial score (nSPS) is 13.0. The van der Waals surface area contributed by atoms with E-state index in [9.17, 15) is 9.59 Å². The molecule has 1 heterocycles. The summed E-state index contributed by atoms with van der Waals surface area (Å²) in [5.41, 5.74) is 2.55. The summed E-state index contributed by atoms with van der Waals surface area (Å²) < 4.78 is 6.23. The van der Waals surface area contributed by atoms with Gasteiger partial charge in [0.25, 0.3) is 0 Å². The molecule has 6 rings (SSSR count). The Morgan fingerprint density at radius 2 is 1.30 bits per heavy atom. The Labute approximate surface area is 233 Å². The van der Waals surface area contributed by atoms with E-state index in [1.807, 2.05) is 109 Å². The predicted molar refractivity (Wildman–Crippen MR) is 159 cm³/mol. The fourth-order valence-corrected chi connectivity index (χ4v) is 5.69. The molecule has 5 nitrogen and oxygen atoms in total. The van der Waals surface area contributed by atoms with Crippen molar-refractivity contribution in [3.8, 4) is 11.5 Å². The van der Waals surface area contributed by atoms with Crippen LogP contribution in [0.5, 0.6) is 11.5 Å². The first kappa shape index (κ1) is 25.4. The molecule has 0 aromatic heterocycles. The average molecular weight is 527 g/mol. The molecule has 0 spiro atoms. The molecule has 5 aromatic rings. The maximum atomic E-state index is 14.3. The highest BCUT2D eigenvalue weighted by atomic mass is 16.5. The Morgan fingerprint density at radius 1 is 0.675 bits per heavy atom. The van der Waals surface area contributed by atoms with E-state index in [0.717, 1.165) is 34.7 Å². The molecule has 40 heavy (non-hydrogen) atoms. The highest BCUT2D eigenvalue weighted by molar-refractivity contribution is 6.00. The molecule has 0 fully saturated rings. The molecule has 1 aliphatic heterocycles. The standard InChI is InChI=1S/C35H30N2O3/c38-33(37-28-21-20-26-14-4-5-15-27(26)23-28)24-36-34(39)35(22-10-13-25-11-2-1-3-12-25)29-16-6-8-18-31(29)40-32-19-9-7-17-30(32)35/h1-9,11-12,14-21,23H,10,13,22,24H2,(H,36,39)(H,37,38). The lowest BCUT2D eigenvalue weighted by Gasteiger charge is -2.39. The number of benzene rings is 5. The number of ether oxygens (including phenoxy) is 1. The quantitative estimate of drug-likeness (QED) is 0.229. The van der Waals surface area contributed by atoms with Crippen LogP contribution < -0.4 is 15.4 Å². The third kappa shape index (κ3) is 4.94. The van der Waals surface area contributed by atoms with Crippen LogP contribution in [0.3, 0.4) is 0 Å². The molecule has 0 saturated heterocycles. The second-order valence-corrected chi connectivity index (χ2v) is 10.1. The highest BCUT2D eigenvalue weighted by Crippen LogP contribution is 2.50. The van der Waals surface area contributed by atoms with Crippen LogP contribution in [0.15, 0.2) is 121 Å². The number of carbonyl (C=O) groups is 2. The second kappa shape index (κ2) is 11.1. The number of nitrogens with one attached hydrogen (secondary N) is 2. The Bertz CT molecular complexity index is 1630. The van der Waals surface area contributed by atoms with Gasteiger partial charge in [-0.05, 0) is 59.9 Å². The van der Waals surface area contributed by atoms with E-state index in [4.69, 9.17) is 4.74 Å². The minimum atomic E-state index is -0.997. The zero-order valence-corrected chi connectivity index (χ0v) is 22.1. The molecule has 0 radical (unpaired) electrons. The van der Waals surface area contributed by atoms with Crippen molar-refractivity contribution < 1.29 is 14.3 Å². The van der Waals surface area contributed by atoms with E-state index in [1.165, 1.54) is 5.56 Å². The van der Waals surface area contributed by atoms with Crippen LogP contribution in [-0.4, -0.2) is 18.4 Å². The van der Waals surface area contributed by atoms with Crippen molar-refractivity contribution in [1.29, 1.82) is 0 Å². The van der Waals surface area contributed by atoms with E-state index in [0.29, 0.717) is 23.6 Å². The molecule has 0 unspecified atom stereocenters. The lowest BCUT2D eigenvalue weighted by molar-refractivity contribution is -0.128. The Hall–Kier alpha value is -4.90. The van der Waals surface area contributed by atoms with Gasteiger partial charge in [-0.1, -0.05) is 97.1 Å². The molecule has 5 heteroatoms. The van der Waals surface area contributed by atoms with Crippen molar-refractivity contribution in [2.24, 2.45) is 0 Å². The molecule has 0 bridgehead atoms. The average Bonchev–Trinajstić information content (AvgIpc) is 3.00. The summed E-state index contributed by atoms with van der Waals surface area (Å²) in [7, 11) is 0. The molecule has 0 aliphatic carbocycles. The molecular weight excluding hydrogens is 496 g/mol. The zero-order valence-electron chi connectivity index (χ0n) is 22.1. The largest absolute Gasteiger partial charge is 0.457 e. The minimum Gasteiger partial charge on any atom is -0.457 e. The molecule has 2 N–H and O–H groups in total. The first-order valence-corrected chi connectivity index (χ1v) is 13.6. The number of rotatable bonds is 8. The topological polar surface area (TPSA) is 67.4 Å². The number of carbonyl (C=O) groups excluding carboxylic acids is 2. The first-order valence-electron chi connectivity index (χ1n) is 13.6. The lowest BCUT2D eigenvalue weighted by Crippen LogP contribution is -2.48. The maximum absolute atomic E-state index is 14.3. The first-order chi connectivity index (χ1) is 19.6. The number of amides is 2. The van der Waals surface area contributed by atoms with Crippen molar-refractivity contribution in [3.05, 3.63) is 138 Å². The summed E-state index contributed by atoms with van der Waals surface area (Å²) in [6, 6.07) is 39.5. The smallest absolute Gasteiger partial charge is 0.243 e. The summed E-state index contributed by atoms with van der Waals surface area (Å²) in [5.74, 6) is 0.836. The molecule has 198 valence electrons. The third-order valence-electron chi connectivity index (χ3n) is 7.60. The summed E-state index contributed by atoms with van der Waals surface area (Å²) in [5, 5.41) is 8.04. The van der Waals surface area contributed by atoms with E-state index >= 15 is 0 Å². The van der Waals surface area contributed by atoms with Gasteiger partial charge < -0.3 is 15.4 Å². The zero-order chi connectivity index (χ0) is 27.4. The Kier molecular flexibility index (Phi) is 7.02. The van der Waals surface area contributed by atoms with E-state index in [1.54, 1.807) is 0 Å². The fourth-order valence-electron chi connectivity index (χ4n) is 5.69. The molecule has 2 amide bonds. The summed E-state index contributed by atoms with van der Waals surface area (Å²) in [6.07, 6.45) is 2.18. The van der Waals surface area contributed by atoms with Crippen molar-refractivity contribution in [2.75, 3.05) is 11.9 Å². The number of anilines is 1. The number of para-hydroxylation sites is 2. The van der Waals surface area contributed by atoms with Gasteiger partial charge in [0, 0.05) is 16.8 Å². The number of aryl methyl sites for hydroxylation is 1. The van der Waals surface area contributed by atoms with Gasteiger partial charge in [0.15, 0.2) is 0 Å². The van der Waals surface area contributed by atoms with Crippen LogP contribution in [0.25, 0.3) is 10.8 Å². The highest BCUT2D eigenvalue weighted by Gasteiger charge is 2.47. The van der Waals surface area contributed by atoms with Gasteiger partial charge in [0.05, 0.1) is 6.54 Å². The number of hydrogen-bond donors (Lipinski definition) is 2. The predicted octanol–water partition coefficient (Wildman–Crippen LogP) is 7.01. The van der Waals surface area contributed by atoms with Gasteiger partial charge in [0.1, 0.15) is 16.9 Å². The summed E-state index contributed by atoms with van der Waals surface area (Å²) in [4.78, 5) is 27.3. The van der Waals surface area contributed by atoms with Gasteiger partial charge >= 0.3 is 0 Å². The van der Waals surface area contributed by atoms with Gasteiger partial charge in [-0.25, -0.2) is 0 Å². The van der Waals surface area contributed by atoms with Gasteiger partial charge in [-0.3, -0.25) is 9.59 Å². The van der Waals surface area contributed by atoms with Crippen molar-refractivity contribution >= 4 is 28.3 Å². The van der Waals surface area contributed by atoms with Crippen LogP contribution in [0, 0.1) is 0 Å². The Morgan fingerprint density at radius 3 is 2.02 bits per heavy atom. The molecule has 1 aliphatic rings. The number of fused-ring (bicyclic) bond motifs is 3. The van der Waals surface area contributed by atoms with E-state index in [2.05, 4.69) is 22.8 Å². The Balaban J connectivity index is 1.27. The molecular formula is C35H30N2O3. The van der Waals surface area contributed by atoms with Gasteiger partial charge in [-0.2, -0.15) is 0 Å². The van der Waals surface area contributed by atoms with Gasteiger partial charge in [0.2, 0.25) is 11.8 Å². The molecule has 0 saturated carbocycles. The van der Waals surface area contributed by atoms with Crippen LogP contribution in [0.4, 0.5) is 5.69 Å². The van der Waals surface area contributed by atoms with Crippen molar-refractivity contribution in [3.63, 3.8) is 0 Å². The molecule has 0 atom stereocenters. The SMILES string of the molecule is O=C(CNC(=O)C1(CCCc2ccccc2)c2ccccc2Oc2ccccc21)Nc1ccc2ccccc2c1. The van der Waals surface area contributed by atoms with Gasteiger partial charge in [-0.15, -0.1) is 0 Å².